The highest BCUT2D eigenvalue weighted by Crippen LogP contribution is 2.32. The monoisotopic (exact) mass is 811 g/mol. The zero-order valence-corrected chi connectivity index (χ0v) is 30.6. The van der Waals surface area contributed by atoms with Crippen molar-refractivity contribution >= 4 is 36.0 Å². The largest absolute Gasteiger partial charge is 0.468 e. The predicted octanol–water partition coefficient (Wildman–Crippen LogP) is -6.18. The zero-order valence-electron chi connectivity index (χ0n) is 29.0. The van der Waals surface area contributed by atoms with Crippen LogP contribution in [-0.4, -0.2) is 225 Å². The van der Waals surface area contributed by atoms with Gasteiger partial charge in [0, 0.05) is 18.1 Å². The SMILES string of the molecule is COC(=O)CSCCSCCCNCC(O)C(O)C(CO)O[C@@H]1OC[C@@H](O[C@@H]2OC[C@@H](O)C(O)C2O[C@H]2OC(OC=O)[C@@H](CO)[C@H](O)C2O)[C@@H](O)C1O. The van der Waals surface area contributed by atoms with Gasteiger partial charge in [-0.25, -0.2) is 0 Å². The van der Waals surface area contributed by atoms with Crippen molar-refractivity contribution in [3.05, 3.63) is 0 Å². The first kappa shape index (κ1) is 46.3. The van der Waals surface area contributed by atoms with Crippen LogP contribution >= 0.6 is 23.5 Å². The van der Waals surface area contributed by atoms with E-state index in [4.69, 9.17) is 33.2 Å². The van der Waals surface area contributed by atoms with Crippen LogP contribution in [0.25, 0.3) is 0 Å². The van der Waals surface area contributed by atoms with Gasteiger partial charge in [-0.2, -0.15) is 11.8 Å². The Bertz CT molecular complexity index is 1060. The van der Waals surface area contributed by atoms with Gasteiger partial charge in [0.1, 0.15) is 54.9 Å². The van der Waals surface area contributed by atoms with Crippen LogP contribution in [0.4, 0.5) is 0 Å². The molecule has 0 aromatic carbocycles. The third kappa shape index (κ3) is 13.5. The summed E-state index contributed by atoms with van der Waals surface area (Å²) in [6, 6.07) is 0. The molecule has 53 heavy (non-hydrogen) atoms. The Morgan fingerprint density at radius 1 is 0.868 bits per heavy atom. The zero-order chi connectivity index (χ0) is 39.1. The van der Waals surface area contributed by atoms with Crippen LogP contribution in [0, 0.1) is 5.92 Å². The smallest absolute Gasteiger partial charge is 0.315 e. The van der Waals surface area contributed by atoms with Crippen molar-refractivity contribution in [2.75, 3.05) is 69.6 Å². The van der Waals surface area contributed by atoms with Crippen molar-refractivity contribution < 1.29 is 98.5 Å². The van der Waals surface area contributed by atoms with Crippen molar-refractivity contribution in [2.24, 2.45) is 5.92 Å². The van der Waals surface area contributed by atoms with Gasteiger partial charge in [-0.3, -0.25) is 9.59 Å². The molecule has 3 fully saturated rings. The molecule has 8 unspecified atom stereocenters. The van der Waals surface area contributed by atoms with E-state index in [0.29, 0.717) is 12.3 Å². The first-order valence-corrected chi connectivity index (χ1v) is 19.2. The predicted molar refractivity (Wildman–Crippen MR) is 180 cm³/mol. The summed E-state index contributed by atoms with van der Waals surface area (Å²) < 4.78 is 42.5. The molecule has 3 saturated heterocycles. The van der Waals surface area contributed by atoms with E-state index in [-0.39, 0.29) is 19.0 Å². The molecule has 21 nitrogen and oxygen atoms in total. The molecule has 3 rings (SSSR count). The van der Waals surface area contributed by atoms with Gasteiger partial charge in [-0.05, 0) is 18.7 Å². The van der Waals surface area contributed by atoms with Crippen LogP contribution in [0.3, 0.4) is 0 Å². The Hall–Kier alpha value is -1.04. The van der Waals surface area contributed by atoms with Gasteiger partial charge >= 0.3 is 5.97 Å². The Kier molecular flexibility index (Phi) is 20.9. The summed E-state index contributed by atoms with van der Waals surface area (Å²) in [6.07, 6.45) is -23.8. The maximum atomic E-state index is 11.1. The molecule has 0 amide bonds. The molecule has 3 aliphatic heterocycles. The Labute approximate surface area is 313 Å². The van der Waals surface area contributed by atoms with E-state index in [1.165, 1.54) is 18.9 Å². The number of carbonyl (C=O) groups excluding carboxylic acids is 2. The molecule has 0 saturated carbocycles. The van der Waals surface area contributed by atoms with E-state index in [2.05, 4.69) is 10.1 Å². The summed E-state index contributed by atoms with van der Waals surface area (Å²) in [5, 5.41) is 107. The fraction of sp³-hybridized carbons (Fsp3) is 0.933. The maximum Gasteiger partial charge on any atom is 0.315 e. The van der Waals surface area contributed by atoms with Crippen LogP contribution in [0.5, 0.6) is 0 Å². The second-order valence-corrected chi connectivity index (χ2v) is 14.7. The number of esters is 1. The molecule has 11 N–H and O–H groups in total. The summed E-state index contributed by atoms with van der Waals surface area (Å²) in [5.41, 5.74) is 0. The molecule has 0 radical (unpaired) electrons. The number of hydrogen-bond acceptors (Lipinski definition) is 23. The van der Waals surface area contributed by atoms with E-state index in [1.807, 2.05) is 0 Å². The normalized spacial score (nSPS) is 36.7. The fourth-order valence-corrected chi connectivity index (χ4v) is 7.43. The first-order valence-electron chi connectivity index (χ1n) is 16.9. The Morgan fingerprint density at radius 3 is 2.25 bits per heavy atom. The lowest BCUT2D eigenvalue weighted by Crippen LogP contribution is -2.63. The van der Waals surface area contributed by atoms with Gasteiger partial charge in [0.05, 0.1) is 57.4 Å². The maximum absolute atomic E-state index is 11.1. The molecule has 3 aliphatic rings. The van der Waals surface area contributed by atoms with Crippen molar-refractivity contribution in [3.8, 4) is 0 Å². The van der Waals surface area contributed by atoms with Crippen LogP contribution in [0.2, 0.25) is 0 Å². The lowest BCUT2D eigenvalue weighted by molar-refractivity contribution is -0.384. The van der Waals surface area contributed by atoms with Crippen molar-refractivity contribution in [3.63, 3.8) is 0 Å². The van der Waals surface area contributed by atoms with Crippen LogP contribution in [-0.2, 0) is 47.5 Å². The van der Waals surface area contributed by atoms with Crippen molar-refractivity contribution in [2.45, 2.75) is 98.7 Å². The summed E-state index contributed by atoms with van der Waals surface area (Å²) in [7, 11) is 1.34. The standard InChI is InChI=1S/C30H53NO20S2/c1-44-19(37)12-53-6-5-52-4-2-3-31-7-15(35)21(39)17(9-33)48-28-25(43)23(41)18(11-46-28)49-30-26(22(40)16(36)10-45-30)50-29-24(42)20(38)14(8-32)27(51-29)47-13-34/h13-18,20-33,35-36,38-43H,2-12H2,1H3/t14-,15?,16+,17?,18+,20-,21?,22?,23+,24?,25?,26?,27?,28-,29-,30-/m0/s1. The average molecular weight is 812 g/mol. The summed E-state index contributed by atoms with van der Waals surface area (Å²) in [4.78, 5) is 22.0. The molecule has 0 bridgehead atoms. The van der Waals surface area contributed by atoms with Crippen molar-refractivity contribution in [1.29, 1.82) is 0 Å². The van der Waals surface area contributed by atoms with E-state index in [1.54, 1.807) is 11.8 Å². The molecular weight excluding hydrogens is 758 g/mol. The minimum Gasteiger partial charge on any atom is -0.468 e. The third-order valence-electron chi connectivity index (χ3n) is 8.63. The molecule has 3 heterocycles. The van der Waals surface area contributed by atoms with E-state index in [9.17, 15) is 60.7 Å². The average Bonchev–Trinajstić information content (AvgIpc) is 3.15. The number of carbonyl (C=O) groups is 2. The Balaban J connectivity index is 1.48. The second kappa shape index (κ2) is 23.9. The molecule has 23 heteroatoms. The van der Waals surface area contributed by atoms with Crippen LogP contribution in [0.1, 0.15) is 6.42 Å². The second-order valence-electron chi connectivity index (χ2n) is 12.4. The number of thioether (sulfide) groups is 2. The van der Waals surface area contributed by atoms with Crippen LogP contribution < -0.4 is 5.32 Å². The lowest BCUT2D eigenvalue weighted by Gasteiger charge is -2.46. The number of methoxy groups -OCH3 is 1. The summed E-state index contributed by atoms with van der Waals surface area (Å²) >= 11 is 3.19. The fourth-order valence-electron chi connectivity index (χ4n) is 5.50. The number of hydrogen-bond donors (Lipinski definition) is 11. The van der Waals surface area contributed by atoms with E-state index < -0.39 is 125 Å². The highest BCUT2D eigenvalue weighted by Gasteiger charge is 2.51. The molecule has 0 aromatic rings. The van der Waals surface area contributed by atoms with Gasteiger partial charge in [-0.15, -0.1) is 11.8 Å². The molecule has 0 aromatic heterocycles. The van der Waals surface area contributed by atoms with Gasteiger partial charge in [0.2, 0.25) is 6.29 Å². The van der Waals surface area contributed by atoms with Gasteiger partial charge < -0.3 is 94.3 Å². The lowest BCUT2D eigenvalue weighted by atomic mass is 9.94. The topological polar surface area (TPSA) is 322 Å². The van der Waals surface area contributed by atoms with E-state index in [0.717, 1.165) is 23.7 Å². The quantitative estimate of drug-likeness (QED) is 0.0260. The van der Waals surface area contributed by atoms with Gasteiger partial charge in [0.25, 0.3) is 6.47 Å². The highest BCUT2D eigenvalue weighted by molar-refractivity contribution is 8.03. The third-order valence-corrected chi connectivity index (χ3v) is 10.9. The van der Waals surface area contributed by atoms with Gasteiger partial charge in [0.15, 0.2) is 18.9 Å². The highest BCUT2D eigenvalue weighted by atomic mass is 32.2. The molecule has 16 atom stereocenters. The molecule has 310 valence electrons. The Morgan fingerprint density at radius 2 is 1.57 bits per heavy atom. The van der Waals surface area contributed by atoms with Crippen molar-refractivity contribution in [1.82, 2.24) is 5.32 Å². The number of aliphatic hydroxyl groups is 10. The molecule has 0 aliphatic carbocycles. The van der Waals surface area contributed by atoms with Gasteiger partial charge in [-0.1, -0.05) is 0 Å². The number of rotatable bonds is 23. The summed E-state index contributed by atoms with van der Waals surface area (Å²) in [6.45, 7) is -2.03. The molecule has 0 spiro atoms. The minimum absolute atomic E-state index is 0.0111. The number of aliphatic hydroxyl groups excluding tert-OH is 10. The van der Waals surface area contributed by atoms with E-state index >= 15 is 0 Å². The number of ether oxygens (including phenoxy) is 8. The molecular formula is C30H53NO20S2. The minimum atomic E-state index is -1.84. The summed E-state index contributed by atoms with van der Waals surface area (Å²) in [5.74, 6) is 1.26. The first-order chi connectivity index (χ1) is 25.4. The van der Waals surface area contributed by atoms with Crippen LogP contribution in [0.15, 0.2) is 0 Å². The number of nitrogens with one attached hydrogen (secondary N) is 1.